The molecule has 0 bridgehead atoms. The topological polar surface area (TPSA) is 44.4 Å². The van der Waals surface area contributed by atoms with Crippen LogP contribution in [0.3, 0.4) is 0 Å². The van der Waals surface area contributed by atoms with Crippen molar-refractivity contribution >= 4 is 5.91 Å². The molecule has 1 aliphatic rings. The van der Waals surface area contributed by atoms with E-state index in [1.165, 1.54) is 12.8 Å². The molecule has 1 saturated carbocycles. The van der Waals surface area contributed by atoms with Gasteiger partial charge in [-0.05, 0) is 46.8 Å². The average molecular weight is 241 g/mol. The second-order valence-corrected chi connectivity index (χ2v) is 5.42. The maximum Gasteiger partial charge on any atom is 0.234 e. The zero-order valence-electron chi connectivity index (χ0n) is 11.5. The van der Waals surface area contributed by atoms with Gasteiger partial charge in [-0.3, -0.25) is 4.79 Å². The van der Waals surface area contributed by atoms with Crippen LogP contribution >= 0.6 is 0 Å². The Bertz CT molecular complexity index is 225. The molecule has 0 radical (unpaired) electrons. The van der Waals surface area contributed by atoms with Gasteiger partial charge in [-0.25, -0.2) is 0 Å². The molecule has 0 saturated heterocycles. The monoisotopic (exact) mass is 241 g/mol. The molecule has 0 heterocycles. The van der Waals surface area contributed by atoms with E-state index >= 15 is 0 Å². The molecule has 0 aromatic rings. The first-order valence-electron chi connectivity index (χ1n) is 6.75. The lowest BCUT2D eigenvalue weighted by Gasteiger charge is -2.17. The van der Waals surface area contributed by atoms with Gasteiger partial charge in [0, 0.05) is 12.1 Å². The molecular weight excluding hydrogens is 214 g/mol. The van der Waals surface area contributed by atoms with E-state index in [0.29, 0.717) is 18.6 Å². The molecule has 0 spiro atoms. The number of carbonyl (C=O) groups is 1. The Kier molecular flexibility index (Phi) is 6.52. The standard InChI is InChI=1S/C13H27N3O/c1-11(8-9-16(2)3)14-10-13(17)15-12-6-4-5-7-12/h11-12,14H,4-10H2,1-3H3,(H,15,17). The summed E-state index contributed by atoms with van der Waals surface area (Å²) in [6, 6.07) is 0.827. The molecule has 1 amide bonds. The molecule has 0 aromatic heterocycles. The van der Waals surface area contributed by atoms with E-state index in [2.05, 4.69) is 36.6 Å². The summed E-state index contributed by atoms with van der Waals surface area (Å²) in [5, 5.41) is 6.36. The van der Waals surface area contributed by atoms with Gasteiger partial charge >= 0.3 is 0 Å². The summed E-state index contributed by atoms with van der Waals surface area (Å²) < 4.78 is 0. The number of nitrogens with one attached hydrogen (secondary N) is 2. The molecule has 1 atom stereocenters. The molecule has 1 aliphatic carbocycles. The highest BCUT2D eigenvalue weighted by Gasteiger charge is 2.16. The van der Waals surface area contributed by atoms with Gasteiger partial charge in [0.1, 0.15) is 0 Å². The van der Waals surface area contributed by atoms with Crippen molar-refractivity contribution in [2.75, 3.05) is 27.2 Å². The van der Waals surface area contributed by atoms with Gasteiger partial charge in [0.15, 0.2) is 0 Å². The zero-order valence-corrected chi connectivity index (χ0v) is 11.5. The molecule has 1 fully saturated rings. The van der Waals surface area contributed by atoms with Crippen LogP contribution in [0.25, 0.3) is 0 Å². The number of rotatable bonds is 7. The van der Waals surface area contributed by atoms with E-state index in [1.807, 2.05) is 0 Å². The Hall–Kier alpha value is -0.610. The van der Waals surface area contributed by atoms with E-state index in [9.17, 15) is 4.79 Å². The third-order valence-corrected chi connectivity index (χ3v) is 3.34. The number of hydrogen-bond acceptors (Lipinski definition) is 3. The Morgan fingerprint density at radius 2 is 2.00 bits per heavy atom. The second-order valence-electron chi connectivity index (χ2n) is 5.42. The van der Waals surface area contributed by atoms with E-state index in [4.69, 9.17) is 0 Å². The fourth-order valence-electron chi connectivity index (χ4n) is 2.17. The number of hydrogen-bond donors (Lipinski definition) is 2. The van der Waals surface area contributed by atoms with Gasteiger partial charge in [0.05, 0.1) is 6.54 Å². The molecule has 2 N–H and O–H groups in total. The highest BCUT2D eigenvalue weighted by Crippen LogP contribution is 2.17. The summed E-state index contributed by atoms with van der Waals surface area (Å²) in [6.07, 6.45) is 5.91. The number of amides is 1. The number of nitrogens with zero attached hydrogens (tertiary/aromatic N) is 1. The first kappa shape index (κ1) is 14.5. The molecule has 1 rings (SSSR count). The molecule has 4 heteroatoms. The van der Waals surface area contributed by atoms with Gasteiger partial charge in [0.2, 0.25) is 5.91 Å². The summed E-state index contributed by atoms with van der Waals surface area (Å²) in [5.74, 6) is 0.147. The number of carbonyl (C=O) groups excluding carboxylic acids is 1. The van der Waals surface area contributed by atoms with Crippen molar-refractivity contribution in [2.24, 2.45) is 0 Å². The predicted molar refractivity (Wildman–Crippen MR) is 71.0 cm³/mol. The predicted octanol–water partition coefficient (Wildman–Crippen LogP) is 0.975. The van der Waals surface area contributed by atoms with Crippen LogP contribution in [0.2, 0.25) is 0 Å². The molecule has 100 valence electrons. The van der Waals surface area contributed by atoms with Crippen LogP contribution in [0, 0.1) is 0 Å². The minimum atomic E-state index is 0.147. The van der Waals surface area contributed by atoms with E-state index in [1.54, 1.807) is 0 Å². The normalized spacial score (nSPS) is 18.6. The SMILES string of the molecule is CC(CCN(C)C)NCC(=O)NC1CCCC1. The summed E-state index contributed by atoms with van der Waals surface area (Å²) in [6.45, 7) is 3.63. The van der Waals surface area contributed by atoms with Crippen molar-refractivity contribution in [3.63, 3.8) is 0 Å². The van der Waals surface area contributed by atoms with Crippen molar-refractivity contribution in [3.8, 4) is 0 Å². The Morgan fingerprint density at radius 3 is 2.59 bits per heavy atom. The van der Waals surface area contributed by atoms with E-state index in [0.717, 1.165) is 25.8 Å². The van der Waals surface area contributed by atoms with Gasteiger partial charge in [-0.1, -0.05) is 12.8 Å². The lowest BCUT2D eigenvalue weighted by atomic mass is 10.2. The molecule has 17 heavy (non-hydrogen) atoms. The highest BCUT2D eigenvalue weighted by atomic mass is 16.1. The first-order chi connectivity index (χ1) is 8.08. The van der Waals surface area contributed by atoms with Crippen LogP contribution < -0.4 is 10.6 Å². The van der Waals surface area contributed by atoms with Gasteiger partial charge < -0.3 is 15.5 Å². The Morgan fingerprint density at radius 1 is 1.35 bits per heavy atom. The summed E-state index contributed by atoms with van der Waals surface area (Å²) >= 11 is 0. The van der Waals surface area contributed by atoms with Gasteiger partial charge in [-0.2, -0.15) is 0 Å². The Balaban J connectivity index is 2.05. The maximum atomic E-state index is 11.7. The molecule has 1 unspecified atom stereocenters. The van der Waals surface area contributed by atoms with Crippen molar-refractivity contribution in [1.29, 1.82) is 0 Å². The molecule has 0 aromatic carbocycles. The third kappa shape index (κ3) is 6.64. The van der Waals surface area contributed by atoms with Crippen LogP contribution in [0.4, 0.5) is 0 Å². The van der Waals surface area contributed by atoms with Gasteiger partial charge in [0.25, 0.3) is 0 Å². The van der Waals surface area contributed by atoms with Crippen LogP contribution in [0.5, 0.6) is 0 Å². The van der Waals surface area contributed by atoms with Gasteiger partial charge in [-0.15, -0.1) is 0 Å². The lowest BCUT2D eigenvalue weighted by molar-refractivity contribution is -0.121. The average Bonchev–Trinajstić information content (AvgIpc) is 2.76. The molecule has 0 aliphatic heterocycles. The minimum Gasteiger partial charge on any atom is -0.352 e. The maximum absolute atomic E-state index is 11.7. The Labute approximate surface area is 105 Å². The van der Waals surface area contributed by atoms with Crippen molar-refractivity contribution in [1.82, 2.24) is 15.5 Å². The highest BCUT2D eigenvalue weighted by molar-refractivity contribution is 5.78. The lowest BCUT2D eigenvalue weighted by Crippen LogP contribution is -2.42. The fraction of sp³-hybridized carbons (Fsp3) is 0.923. The van der Waals surface area contributed by atoms with E-state index < -0.39 is 0 Å². The summed E-state index contributed by atoms with van der Waals surface area (Å²) in [5.41, 5.74) is 0. The summed E-state index contributed by atoms with van der Waals surface area (Å²) in [4.78, 5) is 13.8. The largest absolute Gasteiger partial charge is 0.352 e. The van der Waals surface area contributed by atoms with Crippen LogP contribution in [0.1, 0.15) is 39.0 Å². The first-order valence-corrected chi connectivity index (χ1v) is 6.75. The van der Waals surface area contributed by atoms with Crippen molar-refractivity contribution in [3.05, 3.63) is 0 Å². The summed E-state index contributed by atoms with van der Waals surface area (Å²) in [7, 11) is 4.14. The van der Waals surface area contributed by atoms with Crippen LogP contribution in [-0.4, -0.2) is 50.1 Å². The van der Waals surface area contributed by atoms with Crippen molar-refractivity contribution < 1.29 is 4.79 Å². The zero-order chi connectivity index (χ0) is 12.7. The minimum absolute atomic E-state index is 0.147. The smallest absolute Gasteiger partial charge is 0.234 e. The third-order valence-electron chi connectivity index (χ3n) is 3.34. The fourth-order valence-corrected chi connectivity index (χ4v) is 2.17. The van der Waals surface area contributed by atoms with Crippen molar-refractivity contribution in [2.45, 2.75) is 51.1 Å². The molecule has 4 nitrogen and oxygen atoms in total. The molecular formula is C13H27N3O. The van der Waals surface area contributed by atoms with Crippen LogP contribution in [-0.2, 0) is 4.79 Å². The van der Waals surface area contributed by atoms with E-state index in [-0.39, 0.29) is 5.91 Å². The second kappa shape index (κ2) is 7.67. The quantitative estimate of drug-likeness (QED) is 0.698. The van der Waals surface area contributed by atoms with Crippen LogP contribution in [0.15, 0.2) is 0 Å².